The first-order valence-electron chi connectivity index (χ1n) is 9.41. The summed E-state index contributed by atoms with van der Waals surface area (Å²) >= 11 is 0. The van der Waals surface area contributed by atoms with Gasteiger partial charge < -0.3 is 19.9 Å². The zero-order chi connectivity index (χ0) is 22.1. The van der Waals surface area contributed by atoms with Gasteiger partial charge in [-0.3, -0.25) is 9.59 Å². The minimum atomic E-state index is -3.96. The van der Waals surface area contributed by atoms with Gasteiger partial charge in [0, 0.05) is 38.4 Å². The van der Waals surface area contributed by atoms with Gasteiger partial charge in [-0.15, -0.1) is 0 Å². The molecule has 0 bridgehead atoms. The number of hydrogen-bond donors (Lipinski definition) is 2. The molecule has 1 aromatic carbocycles. The first kappa shape index (κ1) is 23.5. The van der Waals surface area contributed by atoms with Crippen molar-refractivity contribution in [3.05, 3.63) is 36.1 Å². The molecular formula is C19H26N4O6S. The normalized spacial score (nSPS) is 11.5. The lowest BCUT2D eigenvalue weighted by Crippen LogP contribution is -2.39. The number of aryl methyl sites for hydroxylation is 1. The number of anilines is 2. The van der Waals surface area contributed by atoms with Gasteiger partial charge in [0.05, 0.1) is 11.4 Å². The lowest BCUT2D eigenvalue weighted by Gasteiger charge is -2.21. The third-order valence-electron chi connectivity index (χ3n) is 3.93. The predicted molar refractivity (Wildman–Crippen MR) is 110 cm³/mol. The zero-order valence-electron chi connectivity index (χ0n) is 17.2. The molecule has 1 heterocycles. The molecule has 0 aliphatic heterocycles. The number of amides is 2. The van der Waals surface area contributed by atoms with E-state index in [0.29, 0.717) is 31.1 Å². The second-order valence-electron chi connectivity index (χ2n) is 6.47. The van der Waals surface area contributed by atoms with Crippen LogP contribution in [0, 0.1) is 6.92 Å². The first-order chi connectivity index (χ1) is 14.2. The van der Waals surface area contributed by atoms with Crippen molar-refractivity contribution in [2.75, 3.05) is 36.9 Å². The zero-order valence-corrected chi connectivity index (χ0v) is 18.0. The van der Waals surface area contributed by atoms with Gasteiger partial charge in [-0.05, 0) is 44.5 Å². The van der Waals surface area contributed by atoms with Crippen LogP contribution in [0.25, 0.3) is 0 Å². The van der Waals surface area contributed by atoms with Gasteiger partial charge in [0.2, 0.25) is 21.8 Å². The third-order valence-corrected chi connectivity index (χ3v) is 5.79. The van der Waals surface area contributed by atoms with Crippen LogP contribution in [0.4, 0.5) is 11.5 Å². The SMILES string of the molecule is CCOCCCN(CC(=O)Nc1cc(C)on1)S(=O)(=O)c1ccc(NC(C)=O)cc1. The molecule has 164 valence electrons. The lowest BCUT2D eigenvalue weighted by atomic mass is 10.3. The Balaban J connectivity index is 2.16. The van der Waals surface area contributed by atoms with Crippen molar-refractivity contribution in [1.29, 1.82) is 0 Å². The number of nitrogens with zero attached hydrogens (tertiary/aromatic N) is 2. The third kappa shape index (κ3) is 6.94. The summed E-state index contributed by atoms with van der Waals surface area (Å²) in [6, 6.07) is 7.28. The topological polar surface area (TPSA) is 131 Å². The van der Waals surface area contributed by atoms with Crippen LogP contribution >= 0.6 is 0 Å². The lowest BCUT2D eigenvalue weighted by molar-refractivity contribution is -0.116. The number of aromatic nitrogens is 1. The summed E-state index contributed by atoms with van der Waals surface area (Å²) < 4.78 is 37.5. The Labute approximate surface area is 175 Å². The van der Waals surface area contributed by atoms with Crippen molar-refractivity contribution in [1.82, 2.24) is 9.46 Å². The van der Waals surface area contributed by atoms with Crippen LogP contribution in [0.5, 0.6) is 0 Å². The van der Waals surface area contributed by atoms with Crippen LogP contribution in [0.1, 0.15) is 26.0 Å². The van der Waals surface area contributed by atoms with Gasteiger partial charge in [0.25, 0.3) is 0 Å². The molecule has 0 unspecified atom stereocenters. The quantitative estimate of drug-likeness (QED) is 0.513. The van der Waals surface area contributed by atoms with Gasteiger partial charge in [0.1, 0.15) is 5.76 Å². The van der Waals surface area contributed by atoms with Crippen LogP contribution in [-0.2, 0) is 24.3 Å². The molecule has 0 saturated heterocycles. The van der Waals surface area contributed by atoms with Crippen LogP contribution in [0.2, 0.25) is 0 Å². The van der Waals surface area contributed by atoms with Crippen molar-refractivity contribution >= 4 is 33.3 Å². The summed E-state index contributed by atoms with van der Waals surface area (Å²) in [7, 11) is -3.96. The summed E-state index contributed by atoms with van der Waals surface area (Å²) in [5.74, 6) is -0.0735. The average molecular weight is 439 g/mol. The molecule has 30 heavy (non-hydrogen) atoms. The van der Waals surface area contributed by atoms with Crippen molar-refractivity contribution in [2.45, 2.75) is 32.1 Å². The van der Waals surface area contributed by atoms with Crippen LogP contribution in [0.15, 0.2) is 39.8 Å². The number of carbonyl (C=O) groups excluding carboxylic acids is 2. The minimum absolute atomic E-state index is 0.0121. The molecule has 0 atom stereocenters. The Morgan fingerprint density at radius 1 is 1.20 bits per heavy atom. The Morgan fingerprint density at radius 2 is 1.90 bits per heavy atom. The molecule has 2 N–H and O–H groups in total. The van der Waals surface area contributed by atoms with Crippen LogP contribution in [-0.4, -0.2) is 56.0 Å². The van der Waals surface area contributed by atoms with E-state index < -0.39 is 22.5 Å². The van der Waals surface area contributed by atoms with E-state index in [2.05, 4.69) is 15.8 Å². The molecule has 1 aromatic heterocycles. The molecule has 0 spiro atoms. The second-order valence-corrected chi connectivity index (χ2v) is 8.40. The molecular weight excluding hydrogens is 412 g/mol. The van der Waals surface area contributed by atoms with E-state index in [0.717, 1.165) is 4.31 Å². The van der Waals surface area contributed by atoms with E-state index in [9.17, 15) is 18.0 Å². The van der Waals surface area contributed by atoms with Gasteiger partial charge >= 0.3 is 0 Å². The van der Waals surface area contributed by atoms with Crippen molar-refractivity contribution in [3.63, 3.8) is 0 Å². The summed E-state index contributed by atoms with van der Waals surface area (Å²) in [5, 5.41) is 8.77. The molecule has 0 saturated carbocycles. The van der Waals surface area contributed by atoms with E-state index in [1.165, 1.54) is 37.3 Å². The Kier molecular flexibility index (Phi) is 8.51. The number of sulfonamides is 1. The van der Waals surface area contributed by atoms with Crippen LogP contribution in [0.3, 0.4) is 0 Å². The maximum Gasteiger partial charge on any atom is 0.243 e. The largest absolute Gasteiger partial charge is 0.382 e. The monoisotopic (exact) mass is 438 g/mol. The molecule has 10 nitrogen and oxygen atoms in total. The number of benzene rings is 1. The highest BCUT2D eigenvalue weighted by molar-refractivity contribution is 7.89. The highest BCUT2D eigenvalue weighted by Crippen LogP contribution is 2.19. The fraction of sp³-hybridized carbons (Fsp3) is 0.421. The molecule has 0 aliphatic rings. The molecule has 11 heteroatoms. The number of hydrogen-bond acceptors (Lipinski definition) is 7. The number of nitrogens with one attached hydrogen (secondary N) is 2. The fourth-order valence-corrected chi connectivity index (χ4v) is 4.04. The molecule has 0 radical (unpaired) electrons. The van der Waals surface area contributed by atoms with E-state index in [1.807, 2.05) is 6.92 Å². The molecule has 2 aromatic rings. The van der Waals surface area contributed by atoms with Gasteiger partial charge in [-0.25, -0.2) is 8.42 Å². The summed E-state index contributed by atoms with van der Waals surface area (Å²) in [5.41, 5.74) is 0.475. The second kappa shape index (κ2) is 10.9. The van der Waals surface area contributed by atoms with E-state index in [-0.39, 0.29) is 23.2 Å². The van der Waals surface area contributed by atoms with Crippen molar-refractivity contribution in [3.8, 4) is 0 Å². The fourth-order valence-electron chi connectivity index (χ4n) is 2.60. The average Bonchev–Trinajstić information content (AvgIpc) is 3.08. The molecule has 0 fully saturated rings. The minimum Gasteiger partial charge on any atom is -0.382 e. The summed E-state index contributed by atoms with van der Waals surface area (Å²) in [6.07, 6.45) is 0.424. The molecule has 2 rings (SSSR count). The Hall–Kier alpha value is -2.76. The summed E-state index contributed by atoms with van der Waals surface area (Å²) in [4.78, 5) is 23.6. The van der Waals surface area contributed by atoms with Crippen LogP contribution < -0.4 is 10.6 Å². The Bertz CT molecular complexity index is 956. The van der Waals surface area contributed by atoms with Gasteiger partial charge in [-0.2, -0.15) is 4.31 Å². The maximum absolute atomic E-state index is 13.1. The van der Waals surface area contributed by atoms with Gasteiger partial charge in [-0.1, -0.05) is 5.16 Å². The standard InChI is InChI=1S/C19H26N4O6S/c1-4-28-11-5-10-23(13-19(25)21-18-12-14(2)29-22-18)30(26,27)17-8-6-16(7-9-17)20-15(3)24/h6-9,12H,4-5,10-11,13H2,1-3H3,(H,20,24)(H,21,22,25). The first-order valence-corrected chi connectivity index (χ1v) is 10.8. The number of rotatable bonds is 11. The highest BCUT2D eigenvalue weighted by Gasteiger charge is 2.26. The highest BCUT2D eigenvalue weighted by atomic mass is 32.2. The van der Waals surface area contributed by atoms with Crippen molar-refractivity contribution < 1.29 is 27.3 Å². The van der Waals surface area contributed by atoms with E-state index in [4.69, 9.17) is 9.26 Å². The number of carbonyl (C=O) groups is 2. The van der Waals surface area contributed by atoms with E-state index >= 15 is 0 Å². The van der Waals surface area contributed by atoms with E-state index in [1.54, 1.807) is 6.92 Å². The predicted octanol–water partition coefficient (Wildman–Crippen LogP) is 2.00. The summed E-state index contributed by atoms with van der Waals surface area (Å²) in [6.45, 7) is 5.47. The molecule has 0 aliphatic carbocycles. The van der Waals surface area contributed by atoms with Gasteiger partial charge in [0.15, 0.2) is 5.82 Å². The smallest absolute Gasteiger partial charge is 0.243 e. The maximum atomic E-state index is 13.1. The Morgan fingerprint density at radius 3 is 2.47 bits per heavy atom. The molecule has 2 amide bonds. The van der Waals surface area contributed by atoms with Crippen molar-refractivity contribution in [2.24, 2.45) is 0 Å². The number of ether oxygens (including phenoxy) is 1.